The van der Waals surface area contributed by atoms with Gasteiger partial charge in [-0.1, -0.05) is 17.7 Å². The molecule has 0 bridgehead atoms. The molecule has 0 atom stereocenters. The summed E-state index contributed by atoms with van der Waals surface area (Å²) in [5.74, 6) is -0.621. The summed E-state index contributed by atoms with van der Waals surface area (Å²) in [5, 5.41) is 0. The van der Waals surface area contributed by atoms with Gasteiger partial charge in [0.15, 0.2) is 0 Å². The van der Waals surface area contributed by atoms with Gasteiger partial charge in [0, 0.05) is 17.1 Å². The Morgan fingerprint density at radius 3 is 2.62 bits per heavy atom. The molecule has 5 nitrogen and oxygen atoms in total. The number of hydrogen-bond donors (Lipinski definition) is 1. The van der Waals surface area contributed by atoms with Crippen LogP contribution in [0.3, 0.4) is 0 Å². The predicted octanol–water partition coefficient (Wildman–Crippen LogP) is 4.74. The SMILES string of the molecule is C=CCN(Cc1ccc(Cl)s1)C(=O)c1[nH]c(C)c(C(=O)OC(C)C)c1C. The van der Waals surface area contributed by atoms with Gasteiger partial charge in [-0.3, -0.25) is 4.79 Å². The molecule has 0 aromatic carbocycles. The third-order valence-electron chi connectivity index (χ3n) is 3.81. The van der Waals surface area contributed by atoms with E-state index in [1.54, 1.807) is 38.7 Å². The first-order chi connectivity index (χ1) is 12.2. The number of hydrogen-bond acceptors (Lipinski definition) is 4. The summed E-state index contributed by atoms with van der Waals surface area (Å²) in [6.45, 7) is 11.6. The molecular weight excluding hydrogens is 372 g/mol. The lowest BCUT2D eigenvalue weighted by molar-refractivity contribution is 0.0376. The highest BCUT2D eigenvalue weighted by molar-refractivity contribution is 7.16. The fraction of sp³-hybridized carbons (Fsp3) is 0.368. The minimum Gasteiger partial charge on any atom is -0.459 e. The average Bonchev–Trinajstić information content (AvgIpc) is 3.08. The molecule has 1 N–H and O–H groups in total. The molecule has 0 fully saturated rings. The number of nitrogens with zero attached hydrogens (tertiary/aromatic N) is 1. The first-order valence-corrected chi connectivity index (χ1v) is 9.48. The fourth-order valence-corrected chi connectivity index (χ4v) is 3.80. The average molecular weight is 395 g/mol. The number of halogens is 1. The molecule has 0 aliphatic carbocycles. The van der Waals surface area contributed by atoms with Crippen LogP contribution < -0.4 is 0 Å². The van der Waals surface area contributed by atoms with Gasteiger partial charge < -0.3 is 14.6 Å². The monoisotopic (exact) mass is 394 g/mol. The Labute approximate surface area is 162 Å². The number of aromatic nitrogens is 1. The number of carbonyl (C=O) groups is 2. The normalized spacial score (nSPS) is 10.8. The molecule has 0 saturated carbocycles. The smallest absolute Gasteiger partial charge is 0.340 e. The molecule has 2 aromatic heterocycles. The minimum absolute atomic E-state index is 0.196. The number of ether oxygens (including phenoxy) is 1. The summed E-state index contributed by atoms with van der Waals surface area (Å²) in [6.07, 6.45) is 1.45. The lowest BCUT2D eigenvalue weighted by Gasteiger charge is -2.20. The second-order valence-corrected chi connectivity index (χ2v) is 8.06. The van der Waals surface area contributed by atoms with Crippen LogP contribution >= 0.6 is 22.9 Å². The van der Waals surface area contributed by atoms with Crippen molar-refractivity contribution >= 4 is 34.8 Å². The van der Waals surface area contributed by atoms with Crippen LogP contribution in [0.5, 0.6) is 0 Å². The summed E-state index contributed by atoms with van der Waals surface area (Å²) >= 11 is 7.41. The highest BCUT2D eigenvalue weighted by Gasteiger charge is 2.26. The van der Waals surface area contributed by atoms with Crippen LogP contribution in [-0.4, -0.2) is 34.4 Å². The third-order valence-corrected chi connectivity index (χ3v) is 5.03. The Morgan fingerprint density at radius 2 is 2.08 bits per heavy atom. The maximum Gasteiger partial charge on any atom is 0.340 e. The van der Waals surface area contributed by atoms with Crippen molar-refractivity contribution in [1.82, 2.24) is 9.88 Å². The molecule has 0 radical (unpaired) electrons. The molecule has 0 aliphatic heterocycles. The standard InChI is InChI=1S/C19H23ClN2O3S/c1-6-9-22(10-14-7-8-15(20)26-14)18(23)17-12(4)16(13(5)21-17)19(24)25-11(2)3/h6-8,11,21H,1,9-10H2,2-5H3. The van der Waals surface area contributed by atoms with E-state index in [9.17, 15) is 9.59 Å². The summed E-state index contributed by atoms with van der Waals surface area (Å²) in [4.78, 5) is 31.1. The first kappa shape index (κ1) is 20.3. The number of H-pyrrole nitrogens is 1. The number of thiophene rings is 1. The molecule has 0 spiro atoms. The molecule has 2 heterocycles. The number of carbonyl (C=O) groups excluding carboxylic acids is 2. The van der Waals surface area contributed by atoms with E-state index in [1.807, 2.05) is 12.1 Å². The van der Waals surface area contributed by atoms with E-state index in [2.05, 4.69) is 11.6 Å². The highest BCUT2D eigenvalue weighted by atomic mass is 35.5. The van der Waals surface area contributed by atoms with Crippen LogP contribution in [0.25, 0.3) is 0 Å². The molecule has 0 unspecified atom stereocenters. The van der Waals surface area contributed by atoms with Crippen LogP contribution in [0.15, 0.2) is 24.8 Å². The van der Waals surface area contributed by atoms with Crippen molar-refractivity contribution in [1.29, 1.82) is 0 Å². The summed E-state index contributed by atoms with van der Waals surface area (Å²) in [5.41, 5.74) is 2.02. The molecule has 2 rings (SSSR count). The number of nitrogens with one attached hydrogen (secondary N) is 1. The van der Waals surface area contributed by atoms with Crippen molar-refractivity contribution < 1.29 is 14.3 Å². The molecule has 0 aliphatic rings. The van der Waals surface area contributed by atoms with E-state index in [-0.39, 0.29) is 12.0 Å². The van der Waals surface area contributed by atoms with Gasteiger partial charge in [-0.25, -0.2) is 4.79 Å². The van der Waals surface area contributed by atoms with Gasteiger partial charge in [0.25, 0.3) is 5.91 Å². The molecule has 7 heteroatoms. The van der Waals surface area contributed by atoms with E-state index >= 15 is 0 Å². The Bertz CT molecular complexity index is 823. The van der Waals surface area contributed by atoms with Crippen molar-refractivity contribution in [3.8, 4) is 0 Å². The van der Waals surface area contributed by atoms with E-state index in [1.165, 1.54) is 11.3 Å². The molecular formula is C19H23ClN2O3S. The van der Waals surface area contributed by atoms with Gasteiger partial charge in [-0.05, 0) is 45.4 Å². The topological polar surface area (TPSA) is 62.4 Å². The van der Waals surface area contributed by atoms with E-state index in [0.717, 1.165) is 4.88 Å². The third kappa shape index (κ3) is 4.56. The van der Waals surface area contributed by atoms with Gasteiger partial charge in [-0.15, -0.1) is 17.9 Å². The lowest BCUT2D eigenvalue weighted by atomic mass is 10.1. The number of rotatable bonds is 7. The molecule has 140 valence electrons. The van der Waals surface area contributed by atoms with Crippen LogP contribution in [0.1, 0.15) is 50.8 Å². The van der Waals surface area contributed by atoms with Crippen molar-refractivity contribution in [3.05, 3.63) is 56.5 Å². The maximum absolute atomic E-state index is 13.0. The van der Waals surface area contributed by atoms with Gasteiger partial charge >= 0.3 is 5.97 Å². The number of amides is 1. The Morgan fingerprint density at radius 1 is 1.38 bits per heavy atom. The van der Waals surface area contributed by atoms with Gasteiger partial charge in [0.2, 0.25) is 0 Å². The Hall–Kier alpha value is -2.05. The maximum atomic E-state index is 13.0. The molecule has 2 aromatic rings. The largest absolute Gasteiger partial charge is 0.459 e. The number of esters is 1. The van der Waals surface area contributed by atoms with E-state index in [0.29, 0.717) is 39.9 Å². The van der Waals surface area contributed by atoms with Gasteiger partial charge in [0.05, 0.1) is 22.5 Å². The van der Waals surface area contributed by atoms with Crippen molar-refractivity contribution in [2.45, 2.75) is 40.3 Å². The second kappa shape index (κ2) is 8.56. The minimum atomic E-state index is -0.425. The van der Waals surface area contributed by atoms with Crippen LogP contribution in [0.4, 0.5) is 0 Å². The summed E-state index contributed by atoms with van der Waals surface area (Å²) in [6, 6.07) is 3.71. The van der Waals surface area contributed by atoms with Crippen molar-refractivity contribution in [3.63, 3.8) is 0 Å². The van der Waals surface area contributed by atoms with Gasteiger partial charge in [-0.2, -0.15) is 0 Å². The van der Waals surface area contributed by atoms with Crippen molar-refractivity contribution in [2.75, 3.05) is 6.54 Å². The molecule has 26 heavy (non-hydrogen) atoms. The fourth-order valence-electron chi connectivity index (χ4n) is 2.70. The summed E-state index contributed by atoms with van der Waals surface area (Å²) in [7, 11) is 0. The summed E-state index contributed by atoms with van der Waals surface area (Å²) < 4.78 is 5.96. The predicted molar refractivity (Wildman–Crippen MR) is 105 cm³/mol. The molecule has 1 amide bonds. The zero-order chi connectivity index (χ0) is 19.4. The number of aromatic amines is 1. The quantitative estimate of drug-likeness (QED) is 0.545. The van der Waals surface area contributed by atoms with Crippen LogP contribution in [0, 0.1) is 13.8 Å². The van der Waals surface area contributed by atoms with Crippen molar-refractivity contribution in [2.24, 2.45) is 0 Å². The Balaban J connectivity index is 2.31. The lowest BCUT2D eigenvalue weighted by Crippen LogP contribution is -2.31. The van der Waals surface area contributed by atoms with E-state index in [4.69, 9.17) is 16.3 Å². The zero-order valence-corrected chi connectivity index (χ0v) is 17.0. The zero-order valence-electron chi connectivity index (χ0n) is 15.4. The molecule has 0 saturated heterocycles. The second-order valence-electron chi connectivity index (χ2n) is 6.26. The highest BCUT2D eigenvalue weighted by Crippen LogP contribution is 2.25. The van der Waals surface area contributed by atoms with Crippen LogP contribution in [0.2, 0.25) is 4.34 Å². The Kier molecular flexibility index (Phi) is 6.67. The van der Waals surface area contributed by atoms with Gasteiger partial charge in [0.1, 0.15) is 5.69 Å². The number of aryl methyl sites for hydroxylation is 1. The van der Waals surface area contributed by atoms with E-state index < -0.39 is 5.97 Å². The van der Waals surface area contributed by atoms with Crippen LogP contribution in [-0.2, 0) is 11.3 Å². The first-order valence-electron chi connectivity index (χ1n) is 8.29.